The van der Waals surface area contributed by atoms with E-state index in [0.29, 0.717) is 0 Å². The normalized spacial score (nSPS) is 12.0. The van der Waals surface area contributed by atoms with Gasteiger partial charge in [-0.05, 0) is 67.6 Å². The molecule has 46 heavy (non-hydrogen) atoms. The molecule has 218 valence electrons. The Kier molecular flexibility index (Phi) is 5.87. The van der Waals surface area contributed by atoms with Crippen LogP contribution >= 0.6 is 0 Å². The van der Waals surface area contributed by atoms with Gasteiger partial charge in [0.05, 0.1) is 33.3 Å². The highest BCUT2D eigenvalue weighted by atomic mass is 15.0. The highest BCUT2D eigenvalue weighted by Gasteiger charge is 2.21. The Morgan fingerprint density at radius 3 is 1.72 bits per heavy atom. The zero-order chi connectivity index (χ0) is 30.8. The molecule has 0 atom stereocenters. The monoisotopic (exact) mass is 589 g/mol. The maximum Gasteiger partial charge on any atom is 0.0562 e. The summed E-state index contributed by atoms with van der Waals surface area (Å²) in [6.07, 6.45) is 6.11. The third kappa shape index (κ3) is 3.72. The minimum atomic E-state index is 1.14. The van der Waals surface area contributed by atoms with Crippen LogP contribution in [-0.4, -0.2) is 13.7 Å². The summed E-state index contributed by atoms with van der Waals surface area (Å²) in [4.78, 5) is 0. The Balaban J connectivity index is 1.36. The summed E-state index contributed by atoms with van der Waals surface area (Å²) in [5, 5.41) is 6.22. The van der Waals surface area contributed by atoms with Crippen LogP contribution in [0.1, 0.15) is 11.3 Å². The van der Waals surface area contributed by atoms with Gasteiger partial charge >= 0.3 is 0 Å². The average Bonchev–Trinajstić information content (AvgIpc) is 3.72. The fourth-order valence-corrected chi connectivity index (χ4v) is 7.50. The number of nitrogens with zero attached hydrogens (tertiary/aromatic N) is 3. The fourth-order valence-electron chi connectivity index (χ4n) is 7.50. The van der Waals surface area contributed by atoms with Crippen LogP contribution in [0.15, 0.2) is 158 Å². The number of aromatic nitrogens is 3. The maximum atomic E-state index is 3.99. The zero-order valence-corrected chi connectivity index (χ0v) is 25.6. The van der Waals surface area contributed by atoms with E-state index in [4.69, 9.17) is 0 Å². The number of allylic oxidation sites excluding steroid dienone is 2. The predicted molar refractivity (Wildman–Crippen MR) is 196 cm³/mol. The van der Waals surface area contributed by atoms with Crippen LogP contribution < -0.4 is 0 Å². The van der Waals surface area contributed by atoms with Gasteiger partial charge in [0.15, 0.2) is 0 Å². The van der Waals surface area contributed by atoms with Crippen molar-refractivity contribution < 1.29 is 0 Å². The van der Waals surface area contributed by atoms with Gasteiger partial charge < -0.3 is 13.7 Å². The quantitative estimate of drug-likeness (QED) is 0.177. The second-order valence-corrected chi connectivity index (χ2v) is 11.9. The number of para-hydroxylation sites is 4. The minimum Gasteiger partial charge on any atom is -0.313 e. The molecule has 0 spiro atoms. The van der Waals surface area contributed by atoms with Crippen molar-refractivity contribution in [1.82, 2.24) is 13.7 Å². The van der Waals surface area contributed by atoms with Crippen molar-refractivity contribution >= 4 is 60.6 Å². The van der Waals surface area contributed by atoms with Crippen LogP contribution in [0.4, 0.5) is 0 Å². The molecule has 0 saturated heterocycles. The topological polar surface area (TPSA) is 14.8 Å². The lowest BCUT2D eigenvalue weighted by atomic mass is 10.1. The second-order valence-electron chi connectivity index (χ2n) is 11.9. The molecule has 0 aliphatic rings. The molecule has 3 aromatic heterocycles. The predicted octanol–water partition coefficient (Wildman–Crippen LogP) is 11.3. The van der Waals surface area contributed by atoms with Gasteiger partial charge in [-0.2, -0.15) is 0 Å². The standard InChI is InChI=1S/C43H31N3/c1-3-4-17-32-29(2)44(31-26-27-40-36(28-31)35-20-10-11-21-37(35)45(40)30-15-6-5-7-16-30)41-24-14-25-42(43(32)41)46-38-22-12-8-18-33(38)34-19-9-13-23-39(34)46/h3-28H,1H2,2H3/b17-4-. The minimum absolute atomic E-state index is 1.14. The molecule has 9 rings (SSSR count). The first-order chi connectivity index (χ1) is 22.7. The summed E-state index contributed by atoms with van der Waals surface area (Å²) in [6, 6.07) is 50.4. The van der Waals surface area contributed by atoms with E-state index in [9.17, 15) is 0 Å². The van der Waals surface area contributed by atoms with E-state index in [1.165, 1.54) is 71.5 Å². The summed E-state index contributed by atoms with van der Waals surface area (Å²) < 4.78 is 7.22. The lowest BCUT2D eigenvalue weighted by Gasteiger charge is -2.12. The van der Waals surface area contributed by atoms with Crippen molar-refractivity contribution in [2.75, 3.05) is 0 Å². The molecule has 0 amide bonds. The molecule has 0 unspecified atom stereocenters. The van der Waals surface area contributed by atoms with Crippen LogP contribution in [0.5, 0.6) is 0 Å². The van der Waals surface area contributed by atoms with E-state index in [2.05, 4.69) is 173 Å². The summed E-state index contributed by atoms with van der Waals surface area (Å²) in [7, 11) is 0. The Morgan fingerprint density at radius 2 is 1.04 bits per heavy atom. The zero-order valence-electron chi connectivity index (χ0n) is 25.6. The smallest absolute Gasteiger partial charge is 0.0562 e. The fraction of sp³-hybridized carbons (Fsp3) is 0.0233. The number of hydrogen-bond donors (Lipinski definition) is 0. The van der Waals surface area contributed by atoms with E-state index in [1.54, 1.807) is 0 Å². The lowest BCUT2D eigenvalue weighted by Crippen LogP contribution is -1.98. The van der Waals surface area contributed by atoms with Crippen LogP contribution in [0.25, 0.3) is 77.7 Å². The summed E-state index contributed by atoms with van der Waals surface area (Å²) in [5.74, 6) is 0. The molecule has 0 aliphatic heterocycles. The van der Waals surface area contributed by atoms with E-state index in [1.807, 2.05) is 12.2 Å². The highest BCUT2D eigenvalue weighted by molar-refractivity contribution is 6.12. The van der Waals surface area contributed by atoms with Gasteiger partial charge in [-0.15, -0.1) is 0 Å². The van der Waals surface area contributed by atoms with Crippen molar-refractivity contribution in [3.05, 3.63) is 170 Å². The van der Waals surface area contributed by atoms with Gasteiger partial charge in [0, 0.05) is 49.6 Å². The molecule has 0 fully saturated rings. The van der Waals surface area contributed by atoms with E-state index in [0.717, 1.165) is 11.4 Å². The number of rotatable bonds is 5. The first-order valence-electron chi connectivity index (χ1n) is 15.8. The number of benzene rings is 6. The van der Waals surface area contributed by atoms with E-state index >= 15 is 0 Å². The van der Waals surface area contributed by atoms with Crippen LogP contribution in [0, 0.1) is 6.92 Å². The van der Waals surface area contributed by atoms with Gasteiger partial charge in [0.2, 0.25) is 0 Å². The highest BCUT2D eigenvalue weighted by Crippen LogP contribution is 2.40. The molecule has 9 aromatic rings. The molecule has 3 heterocycles. The maximum absolute atomic E-state index is 3.99. The first-order valence-corrected chi connectivity index (χ1v) is 15.8. The van der Waals surface area contributed by atoms with Crippen LogP contribution in [-0.2, 0) is 0 Å². The number of fused-ring (bicyclic) bond motifs is 7. The van der Waals surface area contributed by atoms with Crippen molar-refractivity contribution in [1.29, 1.82) is 0 Å². The van der Waals surface area contributed by atoms with Crippen molar-refractivity contribution in [2.45, 2.75) is 6.92 Å². The molecular formula is C43H31N3. The molecule has 0 bridgehead atoms. The Hall–Kier alpha value is -6.06. The first kappa shape index (κ1) is 26.4. The Morgan fingerprint density at radius 1 is 0.478 bits per heavy atom. The van der Waals surface area contributed by atoms with Crippen molar-refractivity contribution in [3.63, 3.8) is 0 Å². The summed E-state index contributed by atoms with van der Waals surface area (Å²) >= 11 is 0. The molecule has 6 aromatic carbocycles. The van der Waals surface area contributed by atoms with Gasteiger partial charge in [0.1, 0.15) is 0 Å². The van der Waals surface area contributed by atoms with Crippen LogP contribution in [0.2, 0.25) is 0 Å². The SMILES string of the molecule is C=C/C=C\c1c(C)n(-c2ccc3c(c2)c2ccccc2n3-c2ccccc2)c2cccc(-n3c4ccccc4c4ccccc43)c12. The molecule has 0 N–H and O–H groups in total. The molecule has 3 heteroatoms. The Bertz CT molecular complexity index is 2610. The third-order valence-electron chi connectivity index (χ3n) is 9.40. The second kappa shape index (κ2) is 10.3. The van der Waals surface area contributed by atoms with Crippen molar-refractivity contribution in [3.8, 4) is 17.1 Å². The van der Waals surface area contributed by atoms with E-state index in [-0.39, 0.29) is 0 Å². The average molecular weight is 590 g/mol. The van der Waals surface area contributed by atoms with Gasteiger partial charge in [0.25, 0.3) is 0 Å². The van der Waals surface area contributed by atoms with Gasteiger partial charge in [-0.25, -0.2) is 0 Å². The Labute approximate surface area is 267 Å². The molecule has 0 saturated carbocycles. The summed E-state index contributed by atoms with van der Waals surface area (Å²) in [5.41, 5.74) is 11.8. The van der Waals surface area contributed by atoms with Crippen molar-refractivity contribution in [2.24, 2.45) is 0 Å². The van der Waals surface area contributed by atoms with Gasteiger partial charge in [-0.3, -0.25) is 0 Å². The molecule has 0 radical (unpaired) electrons. The molecular weight excluding hydrogens is 558 g/mol. The molecule has 3 nitrogen and oxygen atoms in total. The lowest BCUT2D eigenvalue weighted by molar-refractivity contribution is 1.05. The largest absolute Gasteiger partial charge is 0.313 e. The summed E-state index contributed by atoms with van der Waals surface area (Å²) in [6.45, 7) is 6.23. The molecule has 0 aliphatic carbocycles. The third-order valence-corrected chi connectivity index (χ3v) is 9.40. The van der Waals surface area contributed by atoms with Gasteiger partial charge in [-0.1, -0.05) is 104 Å². The van der Waals surface area contributed by atoms with Crippen LogP contribution in [0.3, 0.4) is 0 Å². The number of hydrogen-bond acceptors (Lipinski definition) is 0. The van der Waals surface area contributed by atoms with E-state index < -0.39 is 0 Å².